The van der Waals surface area contributed by atoms with E-state index in [1.165, 1.54) is 0 Å². The highest BCUT2D eigenvalue weighted by molar-refractivity contribution is 6.23. The highest BCUT2D eigenvalue weighted by atomic mass is 35.5. The van der Waals surface area contributed by atoms with Gasteiger partial charge in [-0.15, -0.1) is 0 Å². The molecule has 0 unspecified atom stereocenters. The van der Waals surface area contributed by atoms with Crippen LogP contribution in [0.25, 0.3) is 0 Å². The highest BCUT2D eigenvalue weighted by Gasteiger charge is 2.20. The molecular weight excluding hydrogens is 148 g/mol. The molecule has 2 nitrogen and oxygen atoms in total. The Labute approximate surface area is 68.3 Å². The average molecular weight is 165 g/mol. The van der Waals surface area contributed by atoms with Crippen molar-refractivity contribution < 1.29 is 0 Å². The lowest BCUT2D eigenvalue weighted by molar-refractivity contribution is 0.376. The molecule has 0 aromatic heterocycles. The van der Waals surface area contributed by atoms with E-state index in [9.17, 15) is 0 Å². The third-order valence-corrected chi connectivity index (χ3v) is 1.94. The zero-order valence-electron chi connectivity index (χ0n) is 7.00. The van der Waals surface area contributed by atoms with E-state index in [1.807, 2.05) is 13.8 Å². The van der Waals surface area contributed by atoms with Crippen LogP contribution < -0.4 is 10.6 Å². The first-order valence-electron chi connectivity index (χ1n) is 3.87. The Bertz CT molecular complexity index is 79.7. The Morgan fingerprint density at radius 1 is 1.10 bits per heavy atom. The van der Waals surface area contributed by atoms with Crippen molar-refractivity contribution in [2.75, 3.05) is 13.1 Å². The van der Waals surface area contributed by atoms with Gasteiger partial charge < -0.3 is 0 Å². The zero-order chi connectivity index (χ0) is 8.04. The molecule has 0 aliphatic carbocycles. The van der Waals surface area contributed by atoms with Gasteiger partial charge >= 0.3 is 0 Å². The largest absolute Gasteiger partial charge is 0.287 e. The number of hydrogen-bond donors (Lipinski definition) is 2. The number of rotatable bonds is 5. The average Bonchev–Trinajstić information content (AvgIpc) is 1.89. The molecule has 0 saturated carbocycles. The van der Waals surface area contributed by atoms with Crippen molar-refractivity contribution in [3.8, 4) is 0 Å². The van der Waals surface area contributed by atoms with Crippen LogP contribution >= 0.6 is 11.6 Å². The summed E-state index contributed by atoms with van der Waals surface area (Å²) in [5.74, 6) is 0. The molecule has 0 radical (unpaired) electrons. The van der Waals surface area contributed by atoms with Crippen molar-refractivity contribution in [3.63, 3.8) is 0 Å². The minimum absolute atomic E-state index is 0.385. The van der Waals surface area contributed by atoms with Crippen LogP contribution in [0.15, 0.2) is 0 Å². The lowest BCUT2D eigenvalue weighted by Gasteiger charge is -2.27. The standard InChI is InChI=1S/C7H17ClN2/c1-4-7(8,9-5-2)10-6-3/h9-10H,4-6H2,1-3H3. The minimum atomic E-state index is -0.385. The fourth-order valence-corrected chi connectivity index (χ4v) is 1.14. The third kappa shape index (κ3) is 3.40. The van der Waals surface area contributed by atoms with Crippen LogP contribution in [-0.4, -0.2) is 18.2 Å². The molecule has 0 aromatic rings. The zero-order valence-corrected chi connectivity index (χ0v) is 7.76. The van der Waals surface area contributed by atoms with Gasteiger partial charge in [-0.3, -0.25) is 10.6 Å². The second kappa shape index (κ2) is 4.94. The molecule has 0 aromatic carbocycles. The van der Waals surface area contributed by atoms with Crippen LogP contribution in [0.4, 0.5) is 0 Å². The van der Waals surface area contributed by atoms with Gasteiger partial charge in [0.05, 0.1) is 0 Å². The van der Waals surface area contributed by atoms with E-state index in [1.54, 1.807) is 0 Å². The van der Waals surface area contributed by atoms with E-state index >= 15 is 0 Å². The first-order valence-corrected chi connectivity index (χ1v) is 4.25. The van der Waals surface area contributed by atoms with Gasteiger partial charge in [0.2, 0.25) is 0 Å². The number of halogens is 1. The molecule has 0 bridgehead atoms. The van der Waals surface area contributed by atoms with Crippen LogP contribution in [-0.2, 0) is 0 Å². The monoisotopic (exact) mass is 164 g/mol. The summed E-state index contributed by atoms with van der Waals surface area (Å²) in [4.78, 5) is 0. The van der Waals surface area contributed by atoms with E-state index < -0.39 is 0 Å². The normalized spacial score (nSPS) is 12.0. The second-order valence-electron chi connectivity index (χ2n) is 2.22. The molecule has 0 aliphatic heterocycles. The maximum Gasteiger partial charge on any atom is 0.146 e. The third-order valence-electron chi connectivity index (χ3n) is 1.40. The molecule has 10 heavy (non-hydrogen) atoms. The van der Waals surface area contributed by atoms with E-state index in [4.69, 9.17) is 11.6 Å². The summed E-state index contributed by atoms with van der Waals surface area (Å²) in [6.07, 6.45) is 0.885. The molecule has 62 valence electrons. The molecule has 0 aliphatic rings. The van der Waals surface area contributed by atoms with Gasteiger partial charge in [-0.05, 0) is 19.5 Å². The maximum absolute atomic E-state index is 6.10. The van der Waals surface area contributed by atoms with Crippen molar-refractivity contribution in [2.45, 2.75) is 32.3 Å². The first kappa shape index (κ1) is 10.2. The van der Waals surface area contributed by atoms with Crippen molar-refractivity contribution >= 4 is 11.6 Å². The van der Waals surface area contributed by atoms with E-state index in [0.29, 0.717) is 0 Å². The van der Waals surface area contributed by atoms with Crippen molar-refractivity contribution in [1.82, 2.24) is 10.6 Å². The van der Waals surface area contributed by atoms with Crippen LogP contribution in [0.1, 0.15) is 27.2 Å². The fraction of sp³-hybridized carbons (Fsp3) is 1.00. The Balaban J connectivity index is 3.69. The highest BCUT2D eigenvalue weighted by Crippen LogP contribution is 2.10. The quantitative estimate of drug-likeness (QED) is 0.366. The van der Waals surface area contributed by atoms with Crippen LogP contribution in [0, 0.1) is 0 Å². The van der Waals surface area contributed by atoms with Gasteiger partial charge in [-0.1, -0.05) is 32.4 Å². The van der Waals surface area contributed by atoms with Crippen LogP contribution in [0.5, 0.6) is 0 Å². The molecule has 0 spiro atoms. The first-order chi connectivity index (χ1) is 4.68. The molecule has 0 heterocycles. The van der Waals surface area contributed by atoms with Gasteiger partial charge in [-0.2, -0.15) is 0 Å². The number of nitrogens with one attached hydrogen (secondary N) is 2. The minimum Gasteiger partial charge on any atom is -0.287 e. The fourth-order valence-electron chi connectivity index (χ4n) is 0.873. The molecule has 3 heteroatoms. The van der Waals surface area contributed by atoms with E-state index in [0.717, 1.165) is 19.5 Å². The molecule has 0 rings (SSSR count). The molecule has 0 saturated heterocycles. The molecule has 0 amide bonds. The molecule has 2 N–H and O–H groups in total. The SMILES string of the molecule is CCNC(Cl)(CC)NCC. The number of hydrogen-bond acceptors (Lipinski definition) is 2. The topological polar surface area (TPSA) is 24.1 Å². The smallest absolute Gasteiger partial charge is 0.146 e. The predicted octanol–water partition coefficient (Wildman–Crippen LogP) is 1.51. The summed E-state index contributed by atoms with van der Waals surface area (Å²) in [6, 6.07) is 0. The predicted molar refractivity (Wildman–Crippen MR) is 46.2 cm³/mol. The second-order valence-corrected chi connectivity index (χ2v) is 2.86. The van der Waals surface area contributed by atoms with E-state index in [-0.39, 0.29) is 5.12 Å². The van der Waals surface area contributed by atoms with Gasteiger partial charge in [0.1, 0.15) is 5.12 Å². The Hall–Kier alpha value is 0.210. The Morgan fingerprint density at radius 2 is 1.50 bits per heavy atom. The summed E-state index contributed by atoms with van der Waals surface area (Å²) in [6.45, 7) is 7.93. The van der Waals surface area contributed by atoms with Gasteiger partial charge in [0, 0.05) is 0 Å². The lowest BCUT2D eigenvalue weighted by atomic mass is 10.3. The summed E-state index contributed by atoms with van der Waals surface area (Å²) in [5.41, 5.74) is 0. The van der Waals surface area contributed by atoms with Crippen molar-refractivity contribution in [3.05, 3.63) is 0 Å². The summed E-state index contributed by atoms with van der Waals surface area (Å²) in [7, 11) is 0. The summed E-state index contributed by atoms with van der Waals surface area (Å²) < 4.78 is 0. The van der Waals surface area contributed by atoms with Gasteiger partial charge in [0.15, 0.2) is 0 Å². The van der Waals surface area contributed by atoms with Crippen LogP contribution in [0.3, 0.4) is 0 Å². The van der Waals surface area contributed by atoms with Crippen LogP contribution in [0.2, 0.25) is 0 Å². The summed E-state index contributed by atoms with van der Waals surface area (Å²) >= 11 is 6.10. The molecule has 0 atom stereocenters. The molecular formula is C7H17ClN2. The molecule has 0 fully saturated rings. The maximum atomic E-state index is 6.10. The van der Waals surface area contributed by atoms with Crippen molar-refractivity contribution in [1.29, 1.82) is 0 Å². The van der Waals surface area contributed by atoms with E-state index in [2.05, 4.69) is 17.6 Å². The summed E-state index contributed by atoms with van der Waals surface area (Å²) in [5, 5.41) is 5.94. The number of alkyl halides is 1. The van der Waals surface area contributed by atoms with Gasteiger partial charge in [0.25, 0.3) is 0 Å². The Kier molecular flexibility index (Phi) is 5.04. The van der Waals surface area contributed by atoms with Gasteiger partial charge in [-0.25, -0.2) is 0 Å². The van der Waals surface area contributed by atoms with Crippen molar-refractivity contribution in [2.24, 2.45) is 0 Å². The Morgan fingerprint density at radius 3 is 1.70 bits per heavy atom. The lowest BCUT2D eigenvalue weighted by Crippen LogP contribution is -2.51.